The van der Waals surface area contributed by atoms with Crippen molar-refractivity contribution in [1.82, 2.24) is 10.2 Å². The number of hydrogen-bond donors (Lipinski definition) is 2. The summed E-state index contributed by atoms with van der Waals surface area (Å²) in [6.07, 6.45) is 6.28. The van der Waals surface area contributed by atoms with Crippen LogP contribution in [0.1, 0.15) is 49.7 Å². The van der Waals surface area contributed by atoms with Gasteiger partial charge in [-0.05, 0) is 49.9 Å². The summed E-state index contributed by atoms with van der Waals surface area (Å²) in [5.74, 6) is 0.351. The first-order valence-electron chi connectivity index (χ1n) is 9.35. The minimum absolute atomic E-state index is 0.0292. The summed E-state index contributed by atoms with van der Waals surface area (Å²) in [7, 11) is 0. The molecule has 0 spiro atoms. The van der Waals surface area contributed by atoms with Crippen LogP contribution in [0.2, 0.25) is 0 Å². The van der Waals surface area contributed by atoms with Crippen molar-refractivity contribution in [2.45, 2.75) is 57.2 Å². The van der Waals surface area contributed by atoms with E-state index in [-0.39, 0.29) is 12.0 Å². The Hall–Kier alpha value is -1.90. The van der Waals surface area contributed by atoms with Gasteiger partial charge in [0.2, 0.25) is 5.91 Å². The minimum Gasteiger partial charge on any atom is -0.393 e. The molecule has 1 aliphatic carbocycles. The number of nitrogens with zero attached hydrogens (tertiary/aromatic N) is 2. The van der Waals surface area contributed by atoms with Gasteiger partial charge in [-0.25, -0.2) is 0 Å². The molecule has 0 aromatic heterocycles. The Labute approximate surface area is 149 Å². The second-order valence-electron chi connectivity index (χ2n) is 7.28. The molecule has 1 aromatic carbocycles. The fourth-order valence-electron chi connectivity index (χ4n) is 4.26. The van der Waals surface area contributed by atoms with E-state index >= 15 is 0 Å². The molecule has 5 nitrogen and oxygen atoms in total. The monoisotopic (exact) mass is 341 g/mol. The molecular weight excluding hydrogens is 314 g/mol. The smallest absolute Gasteiger partial charge is 0.234 e. The molecule has 2 fully saturated rings. The van der Waals surface area contributed by atoms with Crippen molar-refractivity contribution in [3.8, 4) is 6.07 Å². The summed E-state index contributed by atoms with van der Waals surface area (Å²) in [5.41, 5.74) is 1.62. The van der Waals surface area contributed by atoms with Gasteiger partial charge in [-0.15, -0.1) is 0 Å². The van der Waals surface area contributed by atoms with E-state index in [0.717, 1.165) is 44.2 Å². The number of carbonyl (C=O) groups is 1. The van der Waals surface area contributed by atoms with Crippen molar-refractivity contribution in [3.05, 3.63) is 35.4 Å². The molecule has 1 heterocycles. The zero-order valence-electron chi connectivity index (χ0n) is 14.7. The number of aliphatic hydroxyl groups is 1. The Balaban J connectivity index is 1.50. The van der Waals surface area contributed by atoms with E-state index in [1.807, 2.05) is 12.1 Å². The first-order chi connectivity index (χ1) is 12.2. The van der Waals surface area contributed by atoms with E-state index < -0.39 is 0 Å². The lowest BCUT2D eigenvalue weighted by atomic mass is 9.80. The number of benzene rings is 1. The first kappa shape index (κ1) is 17.9. The second-order valence-corrected chi connectivity index (χ2v) is 7.28. The van der Waals surface area contributed by atoms with Crippen LogP contribution in [0.15, 0.2) is 24.3 Å². The Morgan fingerprint density at radius 3 is 2.68 bits per heavy atom. The molecule has 1 aromatic rings. The van der Waals surface area contributed by atoms with E-state index in [1.54, 1.807) is 12.1 Å². The van der Waals surface area contributed by atoms with Crippen molar-refractivity contribution in [3.63, 3.8) is 0 Å². The number of nitriles is 1. The first-order valence-corrected chi connectivity index (χ1v) is 9.35. The summed E-state index contributed by atoms with van der Waals surface area (Å²) in [4.78, 5) is 14.6. The SMILES string of the molecule is N#Cc1ccc(CNC(=O)CN2CCC[C@@H]2[C@H]2CCCC[C@H]2O)cc1. The van der Waals surface area contributed by atoms with Crippen LogP contribution in [0, 0.1) is 17.2 Å². The highest BCUT2D eigenvalue weighted by Gasteiger charge is 2.37. The van der Waals surface area contributed by atoms with Crippen molar-refractivity contribution in [1.29, 1.82) is 5.26 Å². The van der Waals surface area contributed by atoms with Gasteiger partial charge in [0.25, 0.3) is 0 Å². The molecular formula is C20H27N3O2. The summed E-state index contributed by atoms with van der Waals surface area (Å²) >= 11 is 0. The molecule has 0 radical (unpaired) electrons. The lowest BCUT2D eigenvalue weighted by molar-refractivity contribution is -0.123. The molecule has 3 rings (SSSR count). The van der Waals surface area contributed by atoms with Crippen LogP contribution in [-0.2, 0) is 11.3 Å². The van der Waals surface area contributed by atoms with E-state index in [9.17, 15) is 9.90 Å². The van der Waals surface area contributed by atoms with Crippen molar-refractivity contribution >= 4 is 5.91 Å². The van der Waals surface area contributed by atoms with Gasteiger partial charge in [0.15, 0.2) is 0 Å². The van der Waals surface area contributed by atoms with Crippen molar-refractivity contribution in [2.75, 3.05) is 13.1 Å². The Morgan fingerprint density at radius 2 is 1.96 bits per heavy atom. The molecule has 1 amide bonds. The normalized spacial score (nSPS) is 27.0. The molecule has 3 atom stereocenters. The quantitative estimate of drug-likeness (QED) is 0.861. The Kier molecular flexibility index (Phi) is 6.06. The zero-order valence-corrected chi connectivity index (χ0v) is 14.7. The Morgan fingerprint density at radius 1 is 1.20 bits per heavy atom. The molecule has 25 heavy (non-hydrogen) atoms. The number of hydrogen-bond acceptors (Lipinski definition) is 4. The highest BCUT2D eigenvalue weighted by molar-refractivity contribution is 5.78. The summed E-state index contributed by atoms with van der Waals surface area (Å²) < 4.78 is 0. The number of amides is 1. The molecule has 2 aliphatic rings. The van der Waals surface area contributed by atoms with Gasteiger partial charge in [0, 0.05) is 18.5 Å². The number of nitrogens with one attached hydrogen (secondary N) is 1. The molecule has 0 unspecified atom stereocenters. The topological polar surface area (TPSA) is 76.4 Å². The van der Waals surface area contributed by atoms with Crippen LogP contribution in [-0.4, -0.2) is 41.1 Å². The zero-order chi connectivity index (χ0) is 17.6. The third-order valence-corrected chi connectivity index (χ3v) is 5.61. The second kappa shape index (κ2) is 8.46. The van der Waals surface area contributed by atoms with Crippen LogP contribution < -0.4 is 5.32 Å². The maximum atomic E-state index is 12.3. The summed E-state index contributed by atoms with van der Waals surface area (Å²) in [6.45, 7) is 1.83. The fraction of sp³-hybridized carbons (Fsp3) is 0.600. The molecule has 1 saturated heterocycles. The predicted octanol–water partition coefficient (Wildman–Crippen LogP) is 2.19. The van der Waals surface area contributed by atoms with Crippen LogP contribution in [0.5, 0.6) is 0 Å². The van der Waals surface area contributed by atoms with Gasteiger partial charge in [0.1, 0.15) is 0 Å². The highest BCUT2D eigenvalue weighted by Crippen LogP contribution is 2.34. The van der Waals surface area contributed by atoms with E-state index in [1.165, 1.54) is 6.42 Å². The molecule has 0 bridgehead atoms. The van der Waals surface area contributed by atoms with Gasteiger partial charge in [-0.3, -0.25) is 9.69 Å². The van der Waals surface area contributed by atoms with Crippen LogP contribution in [0.4, 0.5) is 0 Å². The number of carbonyl (C=O) groups excluding carboxylic acids is 1. The summed E-state index contributed by atoms with van der Waals surface area (Å²) in [5, 5.41) is 22.1. The van der Waals surface area contributed by atoms with Crippen LogP contribution >= 0.6 is 0 Å². The van der Waals surface area contributed by atoms with Crippen molar-refractivity contribution < 1.29 is 9.90 Å². The van der Waals surface area contributed by atoms with E-state index in [4.69, 9.17) is 5.26 Å². The van der Waals surface area contributed by atoms with E-state index in [2.05, 4.69) is 16.3 Å². The van der Waals surface area contributed by atoms with Gasteiger partial charge in [-0.2, -0.15) is 5.26 Å². The van der Waals surface area contributed by atoms with Crippen molar-refractivity contribution in [2.24, 2.45) is 5.92 Å². The number of rotatable bonds is 5. The van der Waals surface area contributed by atoms with Crippen LogP contribution in [0.3, 0.4) is 0 Å². The number of likely N-dealkylation sites (tertiary alicyclic amines) is 1. The third-order valence-electron chi connectivity index (χ3n) is 5.61. The van der Waals surface area contributed by atoms with E-state index in [0.29, 0.717) is 30.6 Å². The number of aliphatic hydroxyl groups excluding tert-OH is 1. The maximum Gasteiger partial charge on any atom is 0.234 e. The van der Waals surface area contributed by atoms with Gasteiger partial charge >= 0.3 is 0 Å². The molecule has 5 heteroatoms. The molecule has 2 N–H and O–H groups in total. The standard InChI is InChI=1S/C20H27N3O2/c21-12-15-7-9-16(10-8-15)13-22-20(25)14-23-11-3-5-18(23)17-4-1-2-6-19(17)24/h7-10,17-19,24H,1-6,11,13-14H2,(H,22,25)/t17-,18-,19-/m1/s1. The van der Waals surface area contributed by atoms with Crippen LogP contribution in [0.25, 0.3) is 0 Å². The van der Waals surface area contributed by atoms with Gasteiger partial charge in [-0.1, -0.05) is 25.0 Å². The largest absolute Gasteiger partial charge is 0.393 e. The average Bonchev–Trinajstić information content (AvgIpc) is 3.08. The van der Waals surface area contributed by atoms with Gasteiger partial charge in [0.05, 0.1) is 24.3 Å². The average molecular weight is 341 g/mol. The Bertz CT molecular complexity index is 623. The highest BCUT2D eigenvalue weighted by atomic mass is 16.3. The van der Waals surface area contributed by atoms with Gasteiger partial charge < -0.3 is 10.4 Å². The fourth-order valence-corrected chi connectivity index (χ4v) is 4.26. The lowest BCUT2D eigenvalue weighted by Gasteiger charge is -2.37. The summed E-state index contributed by atoms with van der Waals surface area (Å²) in [6, 6.07) is 9.71. The molecule has 134 valence electrons. The third kappa shape index (κ3) is 4.59. The minimum atomic E-state index is -0.207. The lowest BCUT2D eigenvalue weighted by Crippen LogP contribution is -2.46. The molecule has 1 saturated carbocycles. The molecule has 1 aliphatic heterocycles. The maximum absolute atomic E-state index is 12.3. The predicted molar refractivity (Wildman–Crippen MR) is 95.6 cm³/mol.